The molecule has 4 heteroatoms. The number of hydrogen-bond donors (Lipinski definition) is 1. The Labute approximate surface area is 112 Å². The maximum atomic E-state index is 13.4. The quantitative estimate of drug-likeness (QED) is 0.669. The third kappa shape index (κ3) is 3.01. The molecule has 0 aliphatic carbocycles. The molecule has 2 N–H and O–H groups in total. The molecule has 0 unspecified atom stereocenters. The lowest BCUT2D eigenvalue weighted by atomic mass is 10.2. The van der Waals surface area contributed by atoms with Gasteiger partial charge in [-0.25, -0.2) is 4.39 Å². The number of thioether (sulfide) groups is 1. The zero-order chi connectivity index (χ0) is 12.3. The third-order valence-corrected chi connectivity index (χ3v) is 4.39. The number of anilines is 1. The van der Waals surface area contributed by atoms with Gasteiger partial charge < -0.3 is 5.73 Å². The van der Waals surface area contributed by atoms with Crippen LogP contribution in [0.2, 0.25) is 0 Å². The van der Waals surface area contributed by atoms with E-state index in [0.717, 1.165) is 10.0 Å². The van der Waals surface area contributed by atoms with E-state index >= 15 is 0 Å². The van der Waals surface area contributed by atoms with Crippen LogP contribution in [0.5, 0.6) is 0 Å². The second-order valence-corrected chi connectivity index (χ2v) is 5.35. The standard InChI is InChI=1S/C13H11BrFNS/c14-13-9(4-3-6-11(13)16)8-17-12-7-2-1-5-10(12)15/h1-7H,8,16H2. The van der Waals surface area contributed by atoms with Crippen LogP contribution < -0.4 is 5.73 Å². The van der Waals surface area contributed by atoms with Crippen LogP contribution in [0, 0.1) is 5.82 Å². The molecule has 0 saturated heterocycles. The molecule has 2 aromatic carbocycles. The number of hydrogen-bond acceptors (Lipinski definition) is 2. The van der Waals surface area contributed by atoms with Crippen molar-refractivity contribution < 1.29 is 4.39 Å². The first kappa shape index (κ1) is 12.5. The molecule has 2 aromatic rings. The zero-order valence-electron chi connectivity index (χ0n) is 8.99. The Kier molecular flexibility index (Phi) is 4.07. The summed E-state index contributed by atoms with van der Waals surface area (Å²) in [5.74, 6) is 0.504. The molecule has 17 heavy (non-hydrogen) atoms. The summed E-state index contributed by atoms with van der Waals surface area (Å²) in [5.41, 5.74) is 7.56. The molecule has 0 radical (unpaired) electrons. The van der Waals surface area contributed by atoms with Gasteiger partial charge in [0.2, 0.25) is 0 Å². The molecule has 0 heterocycles. The second kappa shape index (κ2) is 5.56. The van der Waals surface area contributed by atoms with E-state index in [1.54, 1.807) is 12.1 Å². The molecule has 0 bridgehead atoms. The molecule has 1 nitrogen and oxygen atoms in total. The van der Waals surface area contributed by atoms with Gasteiger partial charge in [-0.1, -0.05) is 24.3 Å². The predicted molar refractivity (Wildman–Crippen MR) is 74.5 cm³/mol. The largest absolute Gasteiger partial charge is 0.398 e. The van der Waals surface area contributed by atoms with Crippen molar-refractivity contribution in [1.82, 2.24) is 0 Å². The molecular formula is C13H11BrFNS. The lowest BCUT2D eigenvalue weighted by Crippen LogP contribution is -1.91. The van der Waals surface area contributed by atoms with Gasteiger partial charge in [-0.2, -0.15) is 0 Å². The highest BCUT2D eigenvalue weighted by Crippen LogP contribution is 2.31. The Morgan fingerprint density at radius 3 is 2.65 bits per heavy atom. The number of nitrogens with two attached hydrogens (primary N) is 1. The van der Waals surface area contributed by atoms with Crippen LogP contribution in [0.1, 0.15) is 5.56 Å². The molecule has 0 aliphatic heterocycles. The summed E-state index contributed by atoms with van der Waals surface area (Å²) < 4.78 is 14.3. The van der Waals surface area contributed by atoms with Crippen LogP contribution in [0.15, 0.2) is 51.8 Å². The molecule has 0 aromatic heterocycles. The highest BCUT2D eigenvalue weighted by atomic mass is 79.9. The average Bonchev–Trinajstić information content (AvgIpc) is 2.33. The number of nitrogen functional groups attached to an aromatic ring is 1. The van der Waals surface area contributed by atoms with Gasteiger partial charge in [-0.3, -0.25) is 0 Å². The van der Waals surface area contributed by atoms with Crippen molar-refractivity contribution in [2.75, 3.05) is 5.73 Å². The van der Waals surface area contributed by atoms with Crippen molar-refractivity contribution in [3.8, 4) is 0 Å². The molecule has 2 rings (SSSR count). The molecule has 0 aliphatic rings. The van der Waals surface area contributed by atoms with E-state index in [4.69, 9.17) is 5.73 Å². The van der Waals surface area contributed by atoms with Gasteiger partial charge >= 0.3 is 0 Å². The van der Waals surface area contributed by atoms with Crippen LogP contribution >= 0.6 is 27.7 Å². The predicted octanol–water partition coefficient (Wildman–Crippen LogP) is 4.46. The van der Waals surface area contributed by atoms with Crippen molar-refractivity contribution >= 4 is 33.4 Å². The monoisotopic (exact) mass is 311 g/mol. The minimum absolute atomic E-state index is 0.183. The lowest BCUT2D eigenvalue weighted by Gasteiger charge is -2.07. The lowest BCUT2D eigenvalue weighted by molar-refractivity contribution is 0.602. The molecular weight excluding hydrogens is 301 g/mol. The number of halogens is 2. The fourth-order valence-electron chi connectivity index (χ4n) is 1.43. The van der Waals surface area contributed by atoms with Crippen LogP contribution in [0.4, 0.5) is 10.1 Å². The van der Waals surface area contributed by atoms with Gasteiger partial charge in [0, 0.05) is 20.8 Å². The Balaban J connectivity index is 2.13. The van der Waals surface area contributed by atoms with Gasteiger partial charge in [-0.05, 0) is 39.7 Å². The second-order valence-electron chi connectivity index (χ2n) is 3.54. The Morgan fingerprint density at radius 1 is 1.12 bits per heavy atom. The number of benzene rings is 2. The van der Waals surface area contributed by atoms with Crippen LogP contribution in [0.3, 0.4) is 0 Å². The van der Waals surface area contributed by atoms with E-state index in [1.807, 2.05) is 24.3 Å². The third-order valence-electron chi connectivity index (χ3n) is 2.33. The summed E-state index contributed by atoms with van der Waals surface area (Å²) in [6, 6.07) is 12.5. The maximum Gasteiger partial charge on any atom is 0.136 e. The summed E-state index contributed by atoms with van der Waals surface area (Å²) >= 11 is 4.90. The van der Waals surface area contributed by atoms with Gasteiger partial charge in [-0.15, -0.1) is 11.8 Å². The van der Waals surface area contributed by atoms with Crippen molar-refractivity contribution in [3.05, 3.63) is 58.3 Å². The highest BCUT2D eigenvalue weighted by Gasteiger charge is 2.06. The van der Waals surface area contributed by atoms with Gasteiger partial charge in [0.1, 0.15) is 5.82 Å². The van der Waals surface area contributed by atoms with Crippen molar-refractivity contribution in [1.29, 1.82) is 0 Å². The van der Waals surface area contributed by atoms with Crippen molar-refractivity contribution in [2.45, 2.75) is 10.6 Å². The molecule has 88 valence electrons. The molecule has 0 spiro atoms. The minimum atomic E-state index is -0.183. The first-order valence-electron chi connectivity index (χ1n) is 5.08. The van der Waals surface area contributed by atoms with Gasteiger partial charge in [0.25, 0.3) is 0 Å². The first-order valence-corrected chi connectivity index (χ1v) is 6.86. The molecule has 0 saturated carbocycles. The highest BCUT2D eigenvalue weighted by molar-refractivity contribution is 9.10. The van der Waals surface area contributed by atoms with Crippen LogP contribution in [-0.2, 0) is 5.75 Å². The summed E-state index contributed by atoms with van der Waals surface area (Å²) in [6.45, 7) is 0. The van der Waals surface area contributed by atoms with Crippen molar-refractivity contribution in [3.63, 3.8) is 0 Å². The van der Waals surface area contributed by atoms with Crippen LogP contribution in [0.25, 0.3) is 0 Å². The van der Waals surface area contributed by atoms with E-state index in [2.05, 4.69) is 15.9 Å². The minimum Gasteiger partial charge on any atom is -0.398 e. The van der Waals surface area contributed by atoms with Crippen LogP contribution in [-0.4, -0.2) is 0 Å². The van der Waals surface area contributed by atoms with E-state index < -0.39 is 0 Å². The fraction of sp³-hybridized carbons (Fsp3) is 0.0769. The Morgan fingerprint density at radius 2 is 1.88 bits per heavy atom. The molecule has 0 fully saturated rings. The molecule has 0 amide bonds. The summed E-state index contributed by atoms with van der Waals surface area (Å²) in [5, 5.41) is 0. The topological polar surface area (TPSA) is 26.0 Å². The normalized spacial score (nSPS) is 10.5. The SMILES string of the molecule is Nc1cccc(CSc2ccccc2F)c1Br. The smallest absolute Gasteiger partial charge is 0.136 e. The molecule has 0 atom stereocenters. The fourth-order valence-corrected chi connectivity index (χ4v) is 2.95. The Bertz CT molecular complexity index is 531. The van der Waals surface area contributed by atoms with E-state index in [9.17, 15) is 4.39 Å². The summed E-state index contributed by atoms with van der Waals surface area (Å²) in [7, 11) is 0. The summed E-state index contributed by atoms with van der Waals surface area (Å²) in [6.07, 6.45) is 0. The average molecular weight is 312 g/mol. The summed E-state index contributed by atoms with van der Waals surface area (Å²) in [4.78, 5) is 0.654. The first-order chi connectivity index (χ1) is 8.18. The zero-order valence-corrected chi connectivity index (χ0v) is 11.4. The van der Waals surface area contributed by atoms with E-state index in [-0.39, 0.29) is 5.82 Å². The van der Waals surface area contributed by atoms with E-state index in [0.29, 0.717) is 16.3 Å². The van der Waals surface area contributed by atoms with E-state index in [1.165, 1.54) is 17.8 Å². The van der Waals surface area contributed by atoms with Gasteiger partial charge in [0.15, 0.2) is 0 Å². The Hall–Kier alpha value is -1.00. The van der Waals surface area contributed by atoms with Gasteiger partial charge in [0.05, 0.1) is 0 Å². The van der Waals surface area contributed by atoms with Crippen molar-refractivity contribution in [2.24, 2.45) is 0 Å². The number of rotatable bonds is 3. The maximum absolute atomic E-state index is 13.4.